The summed E-state index contributed by atoms with van der Waals surface area (Å²) in [7, 11) is 0. The number of para-hydroxylation sites is 2. The maximum atomic E-state index is 2.75. The van der Waals surface area contributed by atoms with Crippen molar-refractivity contribution in [1.82, 2.24) is 0 Å². The Balaban J connectivity index is 0.000000388. The predicted molar refractivity (Wildman–Crippen MR) is 170 cm³/mol. The molecule has 0 saturated carbocycles. The lowest BCUT2D eigenvalue weighted by molar-refractivity contribution is 1.07. The van der Waals surface area contributed by atoms with E-state index in [2.05, 4.69) is 77.6 Å². The first kappa shape index (κ1) is 27.8. The first-order valence-electron chi connectivity index (χ1n) is 15.1. The molecule has 0 spiro atoms. The van der Waals surface area contributed by atoms with Gasteiger partial charge in [0.05, 0.1) is 0 Å². The molecule has 2 heteroatoms. The summed E-state index contributed by atoms with van der Waals surface area (Å²) in [6, 6.07) is 28.0. The molecule has 0 bridgehead atoms. The van der Waals surface area contributed by atoms with Crippen molar-refractivity contribution in [2.24, 2.45) is 0 Å². The highest BCUT2D eigenvalue weighted by molar-refractivity contribution is 6.91. The number of benzene rings is 4. The summed E-state index contributed by atoms with van der Waals surface area (Å²) >= 11 is 0. The Hall–Kier alpha value is -3.26. The van der Waals surface area contributed by atoms with E-state index >= 15 is 0 Å². The molecule has 4 aliphatic heterocycles. The summed E-state index contributed by atoms with van der Waals surface area (Å²) < 4.78 is 0. The van der Waals surface area contributed by atoms with Crippen molar-refractivity contribution in [2.75, 3.05) is 4.81 Å². The molecule has 4 aromatic rings. The van der Waals surface area contributed by atoms with Crippen LogP contribution in [0.5, 0.6) is 0 Å². The van der Waals surface area contributed by atoms with Crippen molar-refractivity contribution < 1.29 is 0 Å². The van der Waals surface area contributed by atoms with Crippen molar-refractivity contribution in [3.8, 4) is 0 Å². The summed E-state index contributed by atoms with van der Waals surface area (Å²) in [5, 5.41) is 0. The highest BCUT2D eigenvalue weighted by Crippen LogP contribution is 2.47. The smallest absolute Gasteiger partial charge is 0.329 e. The van der Waals surface area contributed by atoms with Crippen LogP contribution < -0.4 is 15.7 Å². The minimum absolute atomic E-state index is 0.293. The quantitative estimate of drug-likeness (QED) is 0.193. The third-order valence-corrected chi connectivity index (χ3v) is 7.79. The van der Waals surface area contributed by atoms with Crippen LogP contribution in [0.2, 0.25) is 0 Å². The van der Waals surface area contributed by atoms with Gasteiger partial charge in [0.15, 0.2) is 0 Å². The molecule has 4 aromatic carbocycles. The zero-order valence-corrected chi connectivity index (χ0v) is 24.8. The van der Waals surface area contributed by atoms with E-state index < -0.39 is 0 Å². The van der Waals surface area contributed by atoms with Crippen LogP contribution in [-0.4, -0.2) is 6.85 Å². The maximum Gasteiger partial charge on any atom is 0.329 e. The summed E-state index contributed by atoms with van der Waals surface area (Å²) in [6.07, 6.45) is 4.17. The monoisotopic (exact) mass is 501 g/mol. The Bertz CT molecular complexity index is 1210. The van der Waals surface area contributed by atoms with Crippen molar-refractivity contribution in [1.29, 1.82) is 0 Å². The van der Waals surface area contributed by atoms with E-state index in [4.69, 9.17) is 0 Å². The highest BCUT2D eigenvalue weighted by Gasteiger charge is 2.45. The second-order valence-electron chi connectivity index (χ2n) is 9.31. The van der Waals surface area contributed by atoms with E-state index in [1.54, 1.807) is 10.9 Å². The largest absolute Gasteiger partial charge is 0.376 e. The van der Waals surface area contributed by atoms with Gasteiger partial charge in [-0.05, 0) is 74.7 Å². The first-order chi connectivity index (χ1) is 18.9. The van der Waals surface area contributed by atoms with Crippen LogP contribution in [0.1, 0.15) is 99.9 Å². The van der Waals surface area contributed by atoms with Gasteiger partial charge in [-0.15, -0.1) is 0 Å². The normalized spacial score (nSPS) is 13.3. The Morgan fingerprint density at radius 1 is 0.395 bits per heavy atom. The van der Waals surface area contributed by atoms with Crippen LogP contribution >= 0.6 is 0 Å². The average Bonchev–Trinajstić information content (AvgIpc) is 3.24. The molecule has 0 saturated heterocycles. The summed E-state index contributed by atoms with van der Waals surface area (Å²) in [4.78, 5) is 2.75. The van der Waals surface area contributed by atoms with Crippen molar-refractivity contribution in [3.63, 3.8) is 0 Å². The molecule has 0 radical (unpaired) electrons. The van der Waals surface area contributed by atoms with Gasteiger partial charge in [-0.2, -0.15) is 0 Å². The number of hydrogen-bond acceptors (Lipinski definition) is 1. The lowest BCUT2D eigenvalue weighted by atomic mass is 9.42. The van der Waals surface area contributed by atoms with Gasteiger partial charge < -0.3 is 4.81 Å². The van der Waals surface area contributed by atoms with E-state index in [1.807, 2.05) is 55.4 Å². The third-order valence-electron chi connectivity index (χ3n) is 7.79. The molecule has 38 heavy (non-hydrogen) atoms. The second kappa shape index (κ2) is 12.1. The molecule has 0 atom stereocenters. The molecule has 0 aromatic heterocycles. The molecule has 0 amide bonds. The fraction of sp³-hybridized carbons (Fsp3) is 0.333. The molecule has 4 heterocycles. The molecule has 0 N–H and O–H groups in total. The van der Waals surface area contributed by atoms with Crippen LogP contribution in [-0.2, 0) is 25.7 Å². The standard InChI is InChI=1S/C28H20BN.4C2H6/c1-5-17-13-18-6-2-8-20-15-22-10-4-12-24-16-23-11-3-9-21-14-19(7-1)25(17)29(26(18)20)30(27(21)23)28(22)24;4*1-2/h1-12H,13-16H2;4*1-2H3. The van der Waals surface area contributed by atoms with Crippen LogP contribution in [0.3, 0.4) is 0 Å². The van der Waals surface area contributed by atoms with E-state index in [0.717, 1.165) is 25.7 Å². The molecule has 8 rings (SSSR count). The number of nitrogens with zero attached hydrogens (tertiary/aromatic N) is 1. The van der Waals surface area contributed by atoms with Gasteiger partial charge in [0.1, 0.15) is 0 Å². The van der Waals surface area contributed by atoms with Gasteiger partial charge in [0, 0.05) is 17.8 Å². The Morgan fingerprint density at radius 3 is 0.947 bits per heavy atom. The van der Waals surface area contributed by atoms with Gasteiger partial charge in [-0.1, -0.05) is 128 Å². The van der Waals surface area contributed by atoms with Crippen LogP contribution in [0, 0.1) is 0 Å². The van der Waals surface area contributed by atoms with E-state index in [9.17, 15) is 0 Å². The molecule has 4 aliphatic rings. The van der Waals surface area contributed by atoms with Crippen molar-refractivity contribution >= 4 is 29.1 Å². The zero-order valence-electron chi connectivity index (χ0n) is 24.8. The van der Waals surface area contributed by atoms with Gasteiger partial charge >= 0.3 is 6.85 Å². The average molecular weight is 502 g/mol. The fourth-order valence-electron chi connectivity index (χ4n) is 6.72. The zero-order chi connectivity index (χ0) is 27.4. The van der Waals surface area contributed by atoms with Gasteiger partial charge in [-0.25, -0.2) is 0 Å². The van der Waals surface area contributed by atoms with Crippen LogP contribution in [0.15, 0.2) is 72.8 Å². The van der Waals surface area contributed by atoms with Crippen molar-refractivity contribution in [2.45, 2.75) is 81.1 Å². The Labute approximate surface area is 232 Å². The Kier molecular flexibility index (Phi) is 8.82. The number of hydrogen-bond donors (Lipinski definition) is 0. The Morgan fingerprint density at radius 2 is 0.632 bits per heavy atom. The SMILES string of the molecule is CC.CC.CC.CC.c1cc2c3c(c1)Cc1cccc4c1N1B3c3c(cccc3Cc3cccc(c31)C4)C2. The summed E-state index contributed by atoms with van der Waals surface area (Å²) in [6.45, 7) is 16.3. The lowest BCUT2D eigenvalue weighted by Crippen LogP contribution is -2.60. The maximum absolute atomic E-state index is 2.75. The van der Waals surface area contributed by atoms with Gasteiger partial charge in [-0.3, -0.25) is 0 Å². The summed E-state index contributed by atoms with van der Waals surface area (Å²) in [5.74, 6) is 0. The first-order valence-corrected chi connectivity index (χ1v) is 15.1. The molecule has 0 fully saturated rings. The molecule has 196 valence electrons. The molecular formula is C36H44BN. The number of anilines is 2. The second-order valence-corrected chi connectivity index (χ2v) is 9.31. The molecule has 1 nitrogen and oxygen atoms in total. The van der Waals surface area contributed by atoms with Crippen LogP contribution in [0.4, 0.5) is 11.4 Å². The van der Waals surface area contributed by atoms with E-state index in [0.29, 0.717) is 6.85 Å². The van der Waals surface area contributed by atoms with Gasteiger partial charge in [0.2, 0.25) is 0 Å². The third kappa shape index (κ3) is 4.19. The summed E-state index contributed by atoms with van der Waals surface area (Å²) in [5.41, 5.74) is 18.1. The minimum Gasteiger partial charge on any atom is -0.376 e. The van der Waals surface area contributed by atoms with E-state index in [1.165, 1.54) is 55.9 Å². The highest BCUT2D eigenvalue weighted by atomic mass is 15.1. The minimum atomic E-state index is 0.293. The fourth-order valence-corrected chi connectivity index (χ4v) is 6.72. The molecular weight excluding hydrogens is 457 g/mol. The molecule has 0 unspecified atom stereocenters. The predicted octanol–water partition coefficient (Wildman–Crippen LogP) is 8.35. The number of rotatable bonds is 0. The van der Waals surface area contributed by atoms with Crippen molar-refractivity contribution in [3.05, 3.63) is 117 Å². The van der Waals surface area contributed by atoms with E-state index in [-0.39, 0.29) is 0 Å². The van der Waals surface area contributed by atoms with Crippen LogP contribution in [0.25, 0.3) is 0 Å². The topological polar surface area (TPSA) is 3.24 Å². The lowest BCUT2D eigenvalue weighted by Gasteiger charge is -2.41. The molecule has 0 aliphatic carbocycles. The van der Waals surface area contributed by atoms with Gasteiger partial charge in [0.25, 0.3) is 0 Å².